The number of ether oxygens (including phenoxy) is 2. The van der Waals surface area contributed by atoms with E-state index in [0.717, 1.165) is 30.4 Å². The van der Waals surface area contributed by atoms with Crippen molar-refractivity contribution in [1.29, 1.82) is 0 Å². The van der Waals surface area contributed by atoms with Gasteiger partial charge in [-0.05, 0) is 30.0 Å². The lowest BCUT2D eigenvalue weighted by molar-refractivity contribution is -0.153. The first kappa shape index (κ1) is 29.5. The number of fused-ring (bicyclic) bond motifs is 1. The second-order valence-corrected chi connectivity index (χ2v) is 11.5. The first-order valence-corrected chi connectivity index (χ1v) is 15.2. The van der Waals surface area contributed by atoms with E-state index >= 15 is 0 Å². The third-order valence-electron chi connectivity index (χ3n) is 6.52. The Balaban J connectivity index is 1.50. The van der Waals surface area contributed by atoms with Crippen LogP contribution >= 0.6 is 23.8 Å². The molecule has 1 saturated heterocycles. The van der Waals surface area contributed by atoms with Crippen LogP contribution in [-0.4, -0.2) is 34.3 Å². The Morgan fingerprint density at radius 1 is 1.28 bits per heavy atom. The summed E-state index contributed by atoms with van der Waals surface area (Å²) in [7, 11) is -3.99. The van der Waals surface area contributed by atoms with Crippen LogP contribution < -0.4 is 15.8 Å². The molecule has 39 heavy (non-hydrogen) atoms. The number of aryl methyl sites for hydroxylation is 1. The average molecular weight is 627 g/mol. The molecule has 13 heteroatoms. The van der Waals surface area contributed by atoms with Gasteiger partial charge in [0.25, 0.3) is 5.56 Å². The fourth-order valence-corrected chi connectivity index (χ4v) is 6.02. The molecule has 1 aromatic carbocycles. The van der Waals surface area contributed by atoms with Gasteiger partial charge in [-0.2, -0.15) is 0 Å². The zero-order chi connectivity index (χ0) is 28.0. The zero-order valence-corrected chi connectivity index (χ0v) is 24.3. The van der Waals surface area contributed by atoms with Crippen molar-refractivity contribution in [2.24, 2.45) is 0 Å². The number of benzene rings is 1. The number of unbranched alkanes of at least 4 members (excludes halogenated alkanes) is 3. The number of H-pyrrole nitrogens is 1. The third-order valence-corrected chi connectivity index (χ3v) is 8.10. The van der Waals surface area contributed by atoms with Crippen LogP contribution in [0, 0.1) is 6.92 Å². The number of para-hydroxylation sites is 1. The van der Waals surface area contributed by atoms with Gasteiger partial charge in [-0.1, -0.05) is 60.3 Å². The topological polar surface area (TPSA) is 135 Å². The van der Waals surface area contributed by atoms with Gasteiger partial charge in [-0.15, -0.1) is 0 Å². The number of aromatic amines is 1. The maximum atomic E-state index is 13.3. The number of phosphoric ester groups is 1. The summed E-state index contributed by atoms with van der Waals surface area (Å²) in [5.41, 5.74) is 0.531. The van der Waals surface area contributed by atoms with E-state index in [1.54, 1.807) is 0 Å². The largest absolute Gasteiger partial charge is 0.530 e. The fraction of sp³-hybridized carbons (Fsp3) is 0.500. The summed E-state index contributed by atoms with van der Waals surface area (Å²) in [5, 5.41) is 0. The minimum Gasteiger partial charge on any atom is -0.459 e. The molecule has 0 amide bonds. The number of carbonyl (C=O) groups is 1. The van der Waals surface area contributed by atoms with Gasteiger partial charge < -0.3 is 14.0 Å². The van der Waals surface area contributed by atoms with E-state index in [2.05, 4.69) is 27.8 Å². The standard InChI is InChI=1S/C26H32BrN2O9P/c1-3-4-5-6-10-23(30)37-20-13-22(29-14-18(11-12-27)25(31)28-26(29)32)36-21(20)16-35-39(33)34-15-19-9-7-8-17(2)24(19)38-39/h7-9,11-12,14,20-22H,3-6,10,13,15-16H2,1-2H3,(H,28,31,32)/b12-11+/t20-,21+,22+,39?/m0/s1. The maximum absolute atomic E-state index is 13.3. The Hall–Kier alpha value is -2.50. The van der Waals surface area contributed by atoms with Crippen molar-refractivity contribution in [2.45, 2.75) is 77.4 Å². The van der Waals surface area contributed by atoms with Crippen molar-refractivity contribution >= 4 is 35.8 Å². The van der Waals surface area contributed by atoms with Crippen LogP contribution in [0.4, 0.5) is 0 Å². The van der Waals surface area contributed by atoms with Crippen molar-refractivity contribution in [3.63, 3.8) is 0 Å². The highest BCUT2D eigenvalue weighted by molar-refractivity contribution is 9.11. The summed E-state index contributed by atoms with van der Waals surface area (Å²) in [5.74, 6) is 0.0444. The Morgan fingerprint density at radius 3 is 2.87 bits per heavy atom. The molecule has 2 aliphatic rings. The van der Waals surface area contributed by atoms with Gasteiger partial charge >= 0.3 is 19.5 Å². The van der Waals surface area contributed by atoms with Crippen molar-refractivity contribution in [1.82, 2.24) is 9.55 Å². The van der Waals surface area contributed by atoms with Gasteiger partial charge in [-0.3, -0.25) is 28.2 Å². The van der Waals surface area contributed by atoms with Gasteiger partial charge in [0.2, 0.25) is 0 Å². The molecule has 4 rings (SSSR count). The molecule has 1 fully saturated rings. The molecule has 3 heterocycles. The third kappa shape index (κ3) is 7.37. The van der Waals surface area contributed by atoms with Gasteiger partial charge in [0.1, 0.15) is 24.2 Å². The van der Waals surface area contributed by atoms with Gasteiger partial charge in [-0.25, -0.2) is 9.36 Å². The summed E-state index contributed by atoms with van der Waals surface area (Å²) >= 11 is 3.13. The Morgan fingerprint density at radius 2 is 2.10 bits per heavy atom. The SMILES string of the molecule is CCCCCCC(=O)O[C@H]1C[C@H](n2cc(/C=C/Br)c(=O)[nH]c2=O)O[C@@H]1COP1(=O)OCc2cccc(C)c2O1. The second-order valence-electron chi connectivity index (χ2n) is 9.42. The molecular formula is C26H32BrN2O9P. The molecule has 1 N–H and O–H groups in total. The number of nitrogens with one attached hydrogen (secondary N) is 1. The predicted molar refractivity (Wildman–Crippen MR) is 147 cm³/mol. The molecule has 212 valence electrons. The molecule has 0 spiro atoms. The number of hydrogen-bond donors (Lipinski definition) is 1. The van der Waals surface area contributed by atoms with Crippen LogP contribution in [-0.2, 0) is 34.5 Å². The quantitative estimate of drug-likeness (QED) is 0.205. The molecule has 0 saturated carbocycles. The number of aromatic nitrogens is 2. The monoisotopic (exact) mass is 626 g/mol. The van der Waals surface area contributed by atoms with Crippen LogP contribution in [0.5, 0.6) is 5.75 Å². The predicted octanol–water partition coefficient (Wildman–Crippen LogP) is 5.11. The first-order valence-electron chi connectivity index (χ1n) is 12.9. The fourth-order valence-electron chi connectivity index (χ4n) is 4.44. The zero-order valence-electron chi connectivity index (χ0n) is 21.8. The number of phosphoric acid groups is 1. The molecule has 4 atom stereocenters. The van der Waals surface area contributed by atoms with E-state index in [4.69, 9.17) is 23.0 Å². The molecule has 1 aromatic heterocycles. The van der Waals surface area contributed by atoms with E-state index in [1.807, 2.05) is 25.1 Å². The normalized spacial score (nSPS) is 24.4. The van der Waals surface area contributed by atoms with Crippen molar-refractivity contribution < 1.29 is 32.4 Å². The first-order chi connectivity index (χ1) is 18.7. The average Bonchev–Trinajstić information content (AvgIpc) is 3.30. The van der Waals surface area contributed by atoms with Crippen molar-refractivity contribution in [3.8, 4) is 5.75 Å². The Labute approximate surface area is 234 Å². The van der Waals surface area contributed by atoms with Crippen LogP contribution in [0.15, 0.2) is 39.0 Å². The summed E-state index contributed by atoms with van der Waals surface area (Å²) in [4.78, 5) is 41.0. The number of rotatable bonds is 11. The van der Waals surface area contributed by atoms with Crippen molar-refractivity contribution in [2.75, 3.05) is 6.61 Å². The lowest BCUT2D eigenvalue weighted by Crippen LogP contribution is -2.33. The highest BCUT2D eigenvalue weighted by atomic mass is 79.9. The summed E-state index contributed by atoms with van der Waals surface area (Å²) in [6, 6.07) is 5.49. The number of halogens is 1. The minimum absolute atomic E-state index is 0.0508. The molecule has 0 bridgehead atoms. The van der Waals surface area contributed by atoms with Crippen LogP contribution in [0.1, 0.15) is 68.4 Å². The molecule has 1 unspecified atom stereocenters. The van der Waals surface area contributed by atoms with Gasteiger partial charge in [0.15, 0.2) is 0 Å². The molecule has 0 radical (unpaired) electrons. The Kier molecular flexibility index (Phi) is 10.0. The number of esters is 1. The second kappa shape index (κ2) is 13.2. The van der Waals surface area contributed by atoms with E-state index < -0.39 is 43.5 Å². The molecular weight excluding hydrogens is 595 g/mol. The lowest BCUT2D eigenvalue weighted by Gasteiger charge is -2.27. The molecule has 2 aromatic rings. The van der Waals surface area contributed by atoms with E-state index in [0.29, 0.717) is 12.2 Å². The van der Waals surface area contributed by atoms with Crippen LogP contribution in [0.3, 0.4) is 0 Å². The summed E-state index contributed by atoms with van der Waals surface area (Å²) in [6.07, 6.45) is 4.35. The number of nitrogens with zero attached hydrogens (tertiary/aromatic N) is 1. The smallest absolute Gasteiger partial charge is 0.459 e. The number of hydrogen-bond acceptors (Lipinski definition) is 9. The molecule has 2 aliphatic heterocycles. The van der Waals surface area contributed by atoms with E-state index in [1.165, 1.54) is 21.8 Å². The lowest BCUT2D eigenvalue weighted by atomic mass is 10.1. The highest BCUT2D eigenvalue weighted by Crippen LogP contribution is 2.55. The summed E-state index contributed by atoms with van der Waals surface area (Å²) in [6.45, 7) is 3.68. The van der Waals surface area contributed by atoms with Gasteiger partial charge in [0.05, 0.1) is 18.8 Å². The molecule has 0 aliphatic carbocycles. The van der Waals surface area contributed by atoms with Gasteiger partial charge in [0, 0.05) is 24.6 Å². The minimum atomic E-state index is -3.99. The van der Waals surface area contributed by atoms with Crippen LogP contribution in [0.2, 0.25) is 0 Å². The van der Waals surface area contributed by atoms with Crippen molar-refractivity contribution in [3.05, 3.63) is 66.9 Å². The number of carbonyl (C=O) groups excluding carboxylic acids is 1. The highest BCUT2D eigenvalue weighted by Gasteiger charge is 2.43. The van der Waals surface area contributed by atoms with E-state index in [-0.39, 0.29) is 31.6 Å². The summed E-state index contributed by atoms with van der Waals surface area (Å²) < 4.78 is 42.9. The Bertz CT molecular complexity index is 1370. The van der Waals surface area contributed by atoms with E-state index in [9.17, 15) is 18.9 Å². The maximum Gasteiger partial charge on any atom is 0.530 e. The molecule has 11 nitrogen and oxygen atoms in total. The van der Waals surface area contributed by atoms with Crippen LogP contribution in [0.25, 0.3) is 6.08 Å².